The summed E-state index contributed by atoms with van der Waals surface area (Å²) in [6.07, 6.45) is 0. The van der Waals surface area contributed by atoms with Gasteiger partial charge in [0, 0.05) is 36.9 Å². The van der Waals surface area contributed by atoms with Gasteiger partial charge in [0.1, 0.15) is 0 Å². The van der Waals surface area contributed by atoms with E-state index >= 15 is 0 Å². The molecule has 43 heavy (non-hydrogen) atoms. The van der Waals surface area contributed by atoms with Crippen LogP contribution in [0.1, 0.15) is 0 Å². The predicted octanol–water partition coefficient (Wildman–Crippen LogP) is 10.7. The number of aromatic nitrogens is 3. The summed E-state index contributed by atoms with van der Waals surface area (Å²) in [7, 11) is 0. The van der Waals surface area contributed by atoms with Crippen LogP contribution >= 0.6 is 11.3 Å². The van der Waals surface area contributed by atoms with E-state index in [0.717, 1.165) is 32.8 Å². The molecule has 7 aromatic carbocycles. The van der Waals surface area contributed by atoms with E-state index in [1.165, 1.54) is 36.3 Å². The first-order valence-electron chi connectivity index (χ1n) is 14.4. The Balaban J connectivity index is 1.36. The van der Waals surface area contributed by atoms with Crippen molar-refractivity contribution in [2.45, 2.75) is 0 Å². The summed E-state index contributed by atoms with van der Waals surface area (Å²) in [5.74, 6) is 2.02. The molecule has 0 radical (unpaired) electrons. The smallest absolute Gasteiger partial charge is 0.165 e. The lowest BCUT2D eigenvalue weighted by Crippen LogP contribution is -2.01. The van der Waals surface area contributed by atoms with E-state index in [-0.39, 0.29) is 0 Å². The van der Waals surface area contributed by atoms with E-state index < -0.39 is 0 Å². The molecule has 3 nitrogen and oxygen atoms in total. The Labute approximate surface area is 251 Å². The summed E-state index contributed by atoms with van der Waals surface area (Å²) in [5, 5.41) is 9.60. The number of benzene rings is 7. The van der Waals surface area contributed by atoms with E-state index in [9.17, 15) is 0 Å². The van der Waals surface area contributed by atoms with Gasteiger partial charge in [-0.2, -0.15) is 0 Å². The molecule has 0 atom stereocenters. The zero-order valence-electron chi connectivity index (χ0n) is 23.0. The van der Waals surface area contributed by atoms with Crippen LogP contribution in [0.15, 0.2) is 140 Å². The highest BCUT2D eigenvalue weighted by Crippen LogP contribution is 2.40. The van der Waals surface area contributed by atoms with Gasteiger partial charge < -0.3 is 0 Å². The van der Waals surface area contributed by atoms with E-state index in [4.69, 9.17) is 15.0 Å². The van der Waals surface area contributed by atoms with Crippen LogP contribution in [-0.4, -0.2) is 15.0 Å². The van der Waals surface area contributed by atoms with Crippen molar-refractivity contribution in [1.29, 1.82) is 0 Å². The van der Waals surface area contributed by atoms with Crippen molar-refractivity contribution in [2.75, 3.05) is 0 Å². The lowest BCUT2D eigenvalue weighted by molar-refractivity contribution is 1.08. The first kappa shape index (κ1) is 24.2. The number of thiophene rings is 1. The highest BCUT2D eigenvalue weighted by Gasteiger charge is 2.18. The maximum absolute atomic E-state index is 5.22. The van der Waals surface area contributed by atoms with Gasteiger partial charge >= 0.3 is 0 Å². The largest absolute Gasteiger partial charge is 0.208 e. The fourth-order valence-corrected chi connectivity index (χ4v) is 7.40. The third-order valence-electron chi connectivity index (χ3n) is 8.30. The van der Waals surface area contributed by atoms with Gasteiger partial charge in [0.2, 0.25) is 0 Å². The molecule has 2 aromatic heterocycles. The topological polar surface area (TPSA) is 38.7 Å². The molecule has 0 bridgehead atoms. The summed E-state index contributed by atoms with van der Waals surface area (Å²) in [6, 6.07) is 49.2. The average molecular weight is 566 g/mol. The summed E-state index contributed by atoms with van der Waals surface area (Å²) < 4.78 is 2.51. The van der Waals surface area contributed by atoms with E-state index in [1.54, 1.807) is 11.3 Å². The maximum atomic E-state index is 5.22. The van der Waals surface area contributed by atoms with Crippen LogP contribution in [0, 0.1) is 0 Å². The van der Waals surface area contributed by atoms with E-state index in [1.807, 2.05) is 18.2 Å². The summed E-state index contributed by atoms with van der Waals surface area (Å²) in [6.45, 7) is 0. The molecule has 0 N–H and O–H groups in total. The van der Waals surface area contributed by atoms with E-state index in [0.29, 0.717) is 17.5 Å². The molecule has 0 unspecified atom stereocenters. The van der Waals surface area contributed by atoms with Crippen molar-refractivity contribution in [1.82, 2.24) is 15.0 Å². The highest BCUT2D eigenvalue weighted by molar-refractivity contribution is 7.25. The molecule has 0 aliphatic heterocycles. The van der Waals surface area contributed by atoms with Gasteiger partial charge in [-0.1, -0.05) is 121 Å². The fourth-order valence-electron chi connectivity index (χ4n) is 6.26. The molecule has 0 saturated carbocycles. The minimum absolute atomic E-state index is 0.666. The van der Waals surface area contributed by atoms with Gasteiger partial charge in [-0.3, -0.25) is 0 Å². The monoisotopic (exact) mass is 565 g/mol. The Morgan fingerprint density at radius 1 is 0.349 bits per heavy atom. The Hall–Kier alpha value is -5.45. The molecule has 0 spiro atoms. The highest BCUT2D eigenvalue weighted by atomic mass is 32.1. The van der Waals surface area contributed by atoms with Crippen molar-refractivity contribution < 1.29 is 0 Å². The van der Waals surface area contributed by atoms with Gasteiger partial charge in [-0.25, -0.2) is 15.0 Å². The lowest BCUT2D eigenvalue weighted by atomic mass is 9.93. The van der Waals surface area contributed by atoms with Crippen LogP contribution in [0.4, 0.5) is 0 Å². The molecule has 0 fully saturated rings. The van der Waals surface area contributed by atoms with Gasteiger partial charge in [0.25, 0.3) is 0 Å². The zero-order chi connectivity index (χ0) is 28.3. The average Bonchev–Trinajstić information content (AvgIpc) is 3.45. The van der Waals surface area contributed by atoms with E-state index in [2.05, 4.69) is 121 Å². The number of hydrogen-bond donors (Lipinski definition) is 0. The molecule has 0 aliphatic rings. The Morgan fingerprint density at radius 3 is 1.84 bits per heavy atom. The lowest BCUT2D eigenvalue weighted by Gasteiger charge is -2.14. The minimum Gasteiger partial charge on any atom is -0.208 e. The van der Waals surface area contributed by atoms with Crippen molar-refractivity contribution in [2.24, 2.45) is 0 Å². The van der Waals surface area contributed by atoms with Gasteiger partial charge in [-0.05, 0) is 50.5 Å². The maximum Gasteiger partial charge on any atom is 0.165 e. The molecule has 0 aliphatic carbocycles. The fraction of sp³-hybridized carbons (Fsp3) is 0. The Bertz CT molecular complexity index is 2510. The third-order valence-corrected chi connectivity index (χ3v) is 9.43. The molecular weight excluding hydrogens is 543 g/mol. The van der Waals surface area contributed by atoms with Crippen LogP contribution in [0.25, 0.3) is 86.7 Å². The van der Waals surface area contributed by atoms with Crippen LogP contribution in [0.3, 0.4) is 0 Å². The zero-order valence-corrected chi connectivity index (χ0v) is 23.8. The second-order valence-corrected chi connectivity index (χ2v) is 11.9. The van der Waals surface area contributed by atoms with Crippen LogP contribution < -0.4 is 0 Å². The molecule has 0 amide bonds. The summed E-state index contributed by atoms with van der Waals surface area (Å²) in [5.41, 5.74) is 2.97. The standard InChI is InChI=1S/C39H23N3S/c1-2-11-25(12-3-1)37-40-38(27-19-20-31-30-16-8-9-17-34(30)43-35(31)23-27)42-39(41-37)36-29-15-7-5-13-26(29)22-33-28-14-6-4-10-24(28)18-21-32(33)36/h1-23H. The van der Waals surface area contributed by atoms with Crippen LogP contribution in [-0.2, 0) is 0 Å². The molecule has 2 heterocycles. The number of rotatable bonds is 3. The normalized spacial score (nSPS) is 11.7. The van der Waals surface area contributed by atoms with Gasteiger partial charge in [-0.15, -0.1) is 11.3 Å². The SMILES string of the molecule is c1ccc(-c2nc(-c3ccc4c(c3)sc3ccccc34)nc(-c3c4ccccc4cc4c3ccc3ccccc34)n2)cc1. The van der Waals surface area contributed by atoms with Crippen molar-refractivity contribution >= 4 is 63.8 Å². The second-order valence-electron chi connectivity index (χ2n) is 10.8. The first-order chi connectivity index (χ1) is 21.3. The van der Waals surface area contributed by atoms with Gasteiger partial charge in [0.15, 0.2) is 17.5 Å². The number of fused-ring (bicyclic) bond motifs is 7. The second kappa shape index (κ2) is 9.55. The Morgan fingerprint density at radius 2 is 0.977 bits per heavy atom. The van der Waals surface area contributed by atoms with Crippen LogP contribution in [0.5, 0.6) is 0 Å². The molecule has 9 aromatic rings. The first-order valence-corrected chi connectivity index (χ1v) is 15.2. The van der Waals surface area contributed by atoms with Crippen molar-refractivity contribution in [3.8, 4) is 34.2 Å². The summed E-state index contributed by atoms with van der Waals surface area (Å²) in [4.78, 5) is 15.4. The summed E-state index contributed by atoms with van der Waals surface area (Å²) >= 11 is 1.81. The Kier molecular flexibility index (Phi) is 5.37. The van der Waals surface area contributed by atoms with Crippen LogP contribution in [0.2, 0.25) is 0 Å². The molecule has 200 valence electrons. The van der Waals surface area contributed by atoms with Gasteiger partial charge in [0.05, 0.1) is 0 Å². The number of hydrogen-bond acceptors (Lipinski definition) is 4. The molecular formula is C39H23N3S. The van der Waals surface area contributed by atoms with Crippen molar-refractivity contribution in [3.63, 3.8) is 0 Å². The molecule has 4 heteroatoms. The number of nitrogens with zero attached hydrogens (tertiary/aromatic N) is 3. The third kappa shape index (κ3) is 3.92. The quantitative estimate of drug-likeness (QED) is 0.158. The minimum atomic E-state index is 0.666. The predicted molar refractivity (Wildman–Crippen MR) is 182 cm³/mol. The molecule has 9 rings (SSSR count). The van der Waals surface area contributed by atoms with Crippen molar-refractivity contribution in [3.05, 3.63) is 140 Å². The molecule has 0 saturated heterocycles.